The second-order valence-corrected chi connectivity index (χ2v) is 11.9. The molecule has 212 valence electrons. The van der Waals surface area contributed by atoms with Gasteiger partial charge in [-0.1, -0.05) is 70.4 Å². The van der Waals surface area contributed by atoms with Crippen LogP contribution in [0.3, 0.4) is 0 Å². The highest BCUT2D eigenvalue weighted by Crippen LogP contribution is 2.50. The molecular weight excluding hydrogens is 511 g/mol. The number of hydrogen-bond donors (Lipinski definition) is 1. The van der Waals surface area contributed by atoms with Crippen LogP contribution in [0, 0.1) is 22.7 Å². The van der Waals surface area contributed by atoms with E-state index in [0.717, 1.165) is 32.1 Å². The van der Waals surface area contributed by atoms with Gasteiger partial charge in [0, 0.05) is 6.42 Å². The lowest BCUT2D eigenvalue weighted by Crippen LogP contribution is -2.23. The molecular formula is C27H47N2O6PS. The van der Waals surface area contributed by atoms with Gasteiger partial charge < -0.3 is 23.4 Å². The summed E-state index contributed by atoms with van der Waals surface area (Å²) in [5.74, 6) is -0.355. The van der Waals surface area contributed by atoms with Crippen LogP contribution in [0.4, 0.5) is 0 Å². The fraction of sp³-hybridized carbons (Fsp3) is 0.815. The lowest BCUT2D eigenvalue weighted by atomic mass is 10.1. The summed E-state index contributed by atoms with van der Waals surface area (Å²) in [6, 6.07) is 3.85. The number of aliphatic hydroxyl groups is 1. The Morgan fingerprint density at radius 2 is 1.35 bits per heavy atom. The van der Waals surface area contributed by atoms with Crippen LogP contribution in [0.15, 0.2) is 12.2 Å². The summed E-state index contributed by atoms with van der Waals surface area (Å²) < 4.78 is 21.3. The molecule has 0 saturated heterocycles. The second kappa shape index (κ2) is 26.3. The maximum Gasteiger partial charge on any atom is 0.327 e. The molecule has 0 saturated carbocycles. The number of ether oxygens (including phenoxy) is 1. The van der Waals surface area contributed by atoms with Crippen molar-refractivity contribution >= 4 is 24.5 Å². The van der Waals surface area contributed by atoms with E-state index in [-0.39, 0.29) is 45.2 Å². The Hall–Kier alpha value is -1.32. The van der Waals surface area contributed by atoms with Crippen molar-refractivity contribution in [2.24, 2.45) is 0 Å². The van der Waals surface area contributed by atoms with Crippen LogP contribution in [0.5, 0.6) is 0 Å². The highest BCUT2D eigenvalue weighted by molar-refractivity contribution is 8.07. The fourth-order valence-electron chi connectivity index (χ4n) is 3.34. The van der Waals surface area contributed by atoms with E-state index in [1.165, 1.54) is 51.4 Å². The van der Waals surface area contributed by atoms with E-state index in [2.05, 4.69) is 19.1 Å². The summed E-state index contributed by atoms with van der Waals surface area (Å²) in [6.07, 6.45) is 19.6. The van der Waals surface area contributed by atoms with E-state index in [0.29, 0.717) is 6.42 Å². The Labute approximate surface area is 229 Å². The molecule has 0 radical (unpaired) electrons. The zero-order chi connectivity index (χ0) is 27.5. The third-order valence-electron chi connectivity index (χ3n) is 5.43. The number of hydrogen-bond acceptors (Lipinski definition) is 9. The largest absolute Gasteiger partial charge is 0.463 e. The van der Waals surface area contributed by atoms with Crippen LogP contribution >= 0.6 is 6.72 Å². The van der Waals surface area contributed by atoms with Crippen molar-refractivity contribution in [2.75, 3.05) is 26.4 Å². The summed E-state index contributed by atoms with van der Waals surface area (Å²) in [7, 11) is 0. The Balaban J connectivity index is 3.79. The van der Waals surface area contributed by atoms with Crippen LogP contribution in [0.2, 0.25) is 0 Å². The first-order chi connectivity index (χ1) is 18.0. The van der Waals surface area contributed by atoms with Crippen LogP contribution in [-0.4, -0.2) is 43.6 Å². The average molecular weight is 559 g/mol. The Bertz CT molecular complexity index is 699. The average Bonchev–Trinajstić information content (AvgIpc) is 2.89. The quantitative estimate of drug-likeness (QED) is 0.0516. The first kappa shape index (κ1) is 35.7. The number of unbranched alkanes of at least 4 members (excludes halogenated alkanes) is 11. The zero-order valence-corrected chi connectivity index (χ0v) is 24.3. The molecule has 0 aromatic rings. The van der Waals surface area contributed by atoms with Crippen molar-refractivity contribution < 1.29 is 28.2 Å². The molecule has 0 amide bonds. The van der Waals surface area contributed by atoms with Gasteiger partial charge >= 0.3 is 12.7 Å². The summed E-state index contributed by atoms with van der Waals surface area (Å²) in [5, 5.41) is 27.3. The molecule has 37 heavy (non-hydrogen) atoms. The van der Waals surface area contributed by atoms with E-state index >= 15 is 0 Å². The SMILES string of the molecule is CCCCCCCC/C=C\CCCCCCCC(=O)OC[C@@H](O)COP(=S)(OCCC#N)OCCC#N. The summed E-state index contributed by atoms with van der Waals surface area (Å²) in [6.45, 7) is -1.35. The number of aliphatic hydroxyl groups excluding tert-OH is 1. The van der Waals surface area contributed by atoms with E-state index < -0.39 is 12.8 Å². The van der Waals surface area contributed by atoms with Crippen molar-refractivity contribution in [1.82, 2.24) is 0 Å². The maximum atomic E-state index is 11.9. The predicted octanol–water partition coefficient (Wildman–Crippen LogP) is 7.03. The van der Waals surface area contributed by atoms with E-state index in [4.69, 9.17) is 40.6 Å². The molecule has 0 aliphatic heterocycles. The number of nitriles is 2. The number of carbonyl (C=O) groups is 1. The van der Waals surface area contributed by atoms with Gasteiger partial charge in [0.15, 0.2) is 0 Å². The van der Waals surface area contributed by atoms with Gasteiger partial charge in [-0.25, -0.2) is 0 Å². The van der Waals surface area contributed by atoms with Gasteiger partial charge in [-0.15, -0.1) is 0 Å². The smallest absolute Gasteiger partial charge is 0.327 e. The van der Waals surface area contributed by atoms with E-state index in [1.54, 1.807) is 0 Å². The lowest BCUT2D eigenvalue weighted by Gasteiger charge is -2.22. The van der Waals surface area contributed by atoms with E-state index in [9.17, 15) is 9.90 Å². The Morgan fingerprint density at radius 1 is 0.838 bits per heavy atom. The number of allylic oxidation sites excluding steroid dienone is 2. The highest BCUT2D eigenvalue weighted by Gasteiger charge is 2.23. The topological polar surface area (TPSA) is 122 Å². The number of carbonyl (C=O) groups excluding carboxylic acids is 1. The molecule has 0 aromatic heterocycles. The minimum absolute atomic E-state index is 0.0291. The molecule has 1 N–H and O–H groups in total. The summed E-state index contributed by atoms with van der Waals surface area (Å²) in [4.78, 5) is 11.9. The number of esters is 1. The van der Waals surface area contributed by atoms with Gasteiger partial charge in [0.05, 0.1) is 44.8 Å². The summed E-state index contributed by atoms with van der Waals surface area (Å²) >= 11 is 5.23. The first-order valence-electron chi connectivity index (χ1n) is 13.7. The second-order valence-electron chi connectivity index (χ2n) is 8.90. The molecule has 0 spiro atoms. The van der Waals surface area contributed by atoms with Crippen molar-refractivity contribution in [1.29, 1.82) is 10.5 Å². The van der Waals surface area contributed by atoms with Gasteiger partial charge in [-0.3, -0.25) is 4.79 Å². The van der Waals surface area contributed by atoms with Crippen molar-refractivity contribution in [3.05, 3.63) is 12.2 Å². The van der Waals surface area contributed by atoms with Gasteiger partial charge in [-0.2, -0.15) is 10.5 Å². The lowest BCUT2D eigenvalue weighted by molar-refractivity contribution is -0.147. The van der Waals surface area contributed by atoms with Crippen LogP contribution in [0.1, 0.15) is 110 Å². The van der Waals surface area contributed by atoms with E-state index in [1.807, 2.05) is 12.1 Å². The summed E-state index contributed by atoms with van der Waals surface area (Å²) in [5.41, 5.74) is 0. The molecule has 10 heteroatoms. The Morgan fingerprint density at radius 3 is 1.89 bits per heavy atom. The van der Waals surface area contributed by atoms with Crippen molar-refractivity contribution in [2.45, 2.75) is 116 Å². The molecule has 0 fully saturated rings. The number of rotatable bonds is 26. The molecule has 1 atom stereocenters. The van der Waals surface area contributed by atoms with Crippen LogP contribution in [-0.2, 0) is 34.9 Å². The standard InChI is InChI=1S/C27H47N2O6PS/c1-2-3-4-5-6-7-8-9-10-11-12-13-14-15-16-19-27(31)32-24-26(30)25-35-36(37,33-22-17-20-28)34-23-18-21-29/h9-10,26,30H,2-8,11-19,22-25H2,1H3/b10-9-/t26-/m1/s1. The monoisotopic (exact) mass is 558 g/mol. The molecule has 0 unspecified atom stereocenters. The normalized spacial score (nSPS) is 12.3. The molecule has 0 aliphatic rings. The van der Waals surface area contributed by atoms with Gasteiger partial charge in [0.25, 0.3) is 0 Å². The maximum absolute atomic E-state index is 11.9. The highest BCUT2D eigenvalue weighted by atomic mass is 32.5. The molecule has 0 aliphatic carbocycles. The molecule has 0 aromatic carbocycles. The van der Waals surface area contributed by atoms with Gasteiger partial charge in [0.1, 0.15) is 12.7 Å². The van der Waals surface area contributed by atoms with Gasteiger partial charge in [0.2, 0.25) is 0 Å². The van der Waals surface area contributed by atoms with Crippen LogP contribution in [0.25, 0.3) is 0 Å². The molecule has 8 nitrogen and oxygen atoms in total. The first-order valence-corrected chi connectivity index (χ1v) is 16.3. The fourth-order valence-corrected chi connectivity index (χ4v) is 5.18. The molecule has 0 bridgehead atoms. The number of nitrogens with zero attached hydrogens (tertiary/aromatic N) is 2. The van der Waals surface area contributed by atoms with Crippen molar-refractivity contribution in [3.8, 4) is 12.1 Å². The van der Waals surface area contributed by atoms with Gasteiger partial charge in [-0.05, 0) is 43.9 Å². The minimum Gasteiger partial charge on any atom is -0.463 e. The third kappa shape index (κ3) is 24.8. The third-order valence-corrected chi connectivity index (χ3v) is 7.84. The predicted molar refractivity (Wildman–Crippen MR) is 149 cm³/mol. The zero-order valence-electron chi connectivity index (χ0n) is 22.6. The minimum atomic E-state index is -3.20. The Kier molecular flexibility index (Phi) is 25.4. The van der Waals surface area contributed by atoms with Crippen molar-refractivity contribution in [3.63, 3.8) is 0 Å². The molecule has 0 rings (SSSR count). The molecule has 0 heterocycles. The van der Waals surface area contributed by atoms with Crippen LogP contribution < -0.4 is 0 Å².